The second-order valence-electron chi connectivity index (χ2n) is 3.41. The van der Waals surface area contributed by atoms with E-state index in [-0.39, 0.29) is 41.7 Å². The van der Waals surface area contributed by atoms with Crippen molar-refractivity contribution >= 4 is 30.3 Å². The third-order valence-electron chi connectivity index (χ3n) is 2.19. The molecule has 0 spiro atoms. The maximum absolute atomic E-state index is 12.1. The lowest BCUT2D eigenvalue weighted by Crippen LogP contribution is -2.18. The highest BCUT2D eigenvalue weighted by Gasteiger charge is 2.29. The third-order valence-corrected chi connectivity index (χ3v) is 2.93. The van der Waals surface area contributed by atoms with Crippen molar-refractivity contribution in [2.45, 2.75) is 16.4 Å². The summed E-state index contributed by atoms with van der Waals surface area (Å²) in [5, 5.41) is 2.55. The Morgan fingerprint density at radius 2 is 1.89 bits per heavy atom. The Balaban J connectivity index is 0.00000162. The van der Waals surface area contributed by atoms with Crippen LogP contribution in [0.4, 0.5) is 18.0 Å². The Kier molecular flexibility index (Phi) is 4.75. The zero-order valence-corrected chi connectivity index (χ0v) is 10.5. The Morgan fingerprint density at radius 1 is 1.28 bits per heavy atom. The largest absolute Gasteiger partial charge is 0.447 e. The Bertz CT molecular complexity index is 424. The van der Waals surface area contributed by atoms with Crippen LogP contribution < -0.4 is 5.32 Å². The second kappa shape index (κ2) is 5.71. The molecule has 0 radical (unpaired) electrons. The first-order chi connectivity index (χ1) is 7.94. The van der Waals surface area contributed by atoms with Gasteiger partial charge in [-0.2, -0.15) is 13.2 Å². The Hall–Kier alpha value is -1.08. The number of cyclic esters (lactones) is 1. The van der Waals surface area contributed by atoms with E-state index in [2.05, 4.69) is 5.32 Å². The van der Waals surface area contributed by atoms with Crippen molar-refractivity contribution in [2.24, 2.45) is 0 Å². The van der Waals surface area contributed by atoms with Crippen molar-refractivity contribution in [1.29, 1.82) is 0 Å². The monoisotopic (exact) mass is 299 g/mol. The standard InChI is InChI=1S/C10H8F3NO2S.ClH/c11-10(12,13)17-7-3-1-6(2-4-7)8-5-16-9(15)14-8;/h1-4,8H,5H2,(H,14,15);1H/t8-;/m0./s1. The van der Waals surface area contributed by atoms with Crippen LogP contribution in [-0.2, 0) is 4.74 Å². The number of thioether (sulfide) groups is 1. The number of alkyl carbamates (subject to hydrolysis) is 1. The lowest BCUT2D eigenvalue weighted by Gasteiger charge is -2.09. The number of ether oxygens (including phenoxy) is 1. The number of nitrogens with one attached hydrogen (secondary N) is 1. The number of amides is 1. The molecule has 1 aromatic carbocycles. The van der Waals surface area contributed by atoms with E-state index >= 15 is 0 Å². The van der Waals surface area contributed by atoms with Crippen LogP contribution >= 0.6 is 24.2 Å². The van der Waals surface area contributed by atoms with Gasteiger partial charge >= 0.3 is 11.6 Å². The first kappa shape index (κ1) is 15.0. The van der Waals surface area contributed by atoms with Gasteiger partial charge in [0.1, 0.15) is 6.61 Å². The predicted molar refractivity (Wildman–Crippen MR) is 62.8 cm³/mol. The molecule has 1 saturated heterocycles. The fourth-order valence-corrected chi connectivity index (χ4v) is 2.01. The van der Waals surface area contributed by atoms with Gasteiger partial charge in [0.25, 0.3) is 0 Å². The number of rotatable bonds is 2. The lowest BCUT2D eigenvalue weighted by molar-refractivity contribution is -0.0328. The Morgan fingerprint density at radius 3 is 2.33 bits per heavy atom. The minimum atomic E-state index is -4.29. The summed E-state index contributed by atoms with van der Waals surface area (Å²) in [7, 11) is 0. The first-order valence-corrected chi connectivity index (χ1v) is 5.55. The van der Waals surface area contributed by atoms with E-state index in [1.807, 2.05) is 0 Å². The van der Waals surface area contributed by atoms with Gasteiger partial charge in [-0.1, -0.05) is 12.1 Å². The third kappa shape index (κ3) is 3.99. The molecule has 1 aliphatic rings. The minimum absolute atomic E-state index is 0. The van der Waals surface area contributed by atoms with Crippen LogP contribution in [-0.4, -0.2) is 18.2 Å². The smallest absolute Gasteiger partial charge is 0.446 e. The normalized spacial score (nSPS) is 18.8. The molecule has 1 fully saturated rings. The zero-order chi connectivity index (χ0) is 12.5. The average Bonchev–Trinajstić information content (AvgIpc) is 2.63. The van der Waals surface area contributed by atoms with Crippen molar-refractivity contribution in [3.05, 3.63) is 29.8 Å². The summed E-state index contributed by atoms with van der Waals surface area (Å²) in [5.74, 6) is 0. The van der Waals surface area contributed by atoms with E-state index in [0.717, 1.165) is 5.56 Å². The van der Waals surface area contributed by atoms with Crippen molar-refractivity contribution in [3.63, 3.8) is 0 Å². The van der Waals surface area contributed by atoms with Gasteiger partial charge in [0.2, 0.25) is 0 Å². The molecule has 1 amide bonds. The highest BCUT2D eigenvalue weighted by atomic mass is 35.5. The van der Waals surface area contributed by atoms with Crippen molar-refractivity contribution in [3.8, 4) is 0 Å². The summed E-state index contributed by atoms with van der Waals surface area (Å²) in [5.41, 5.74) is -3.56. The molecular formula is C10H9ClF3NO2S. The van der Waals surface area contributed by atoms with Gasteiger partial charge in [-0.05, 0) is 29.5 Å². The van der Waals surface area contributed by atoms with Gasteiger partial charge in [0.15, 0.2) is 0 Å². The molecule has 3 nitrogen and oxygen atoms in total. The molecule has 1 N–H and O–H groups in total. The van der Waals surface area contributed by atoms with Crippen molar-refractivity contribution in [1.82, 2.24) is 5.32 Å². The number of carbonyl (C=O) groups is 1. The number of alkyl halides is 3. The highest BCUT2D eigenvalue weighted by Crippen LogP contribution is 2.37. The molecule has 0 bridgehead atoms. The molecule has 1 aliphatic heterocycles. The topological polar surface area (TPSA) is 38.3 Å². The molecule has 1 aromatic rings. The van der Waals surface area contributed by atoms with E-state index in [1.54, 1.807) is 12.1 Å². The summed E-state index contributed by atoms with van der Waals surface area (Å²) in [6.07, 6.45) is -0.510. The molecule has 18 heavy (non-hydrogen) atoms. The minimum Gasteiger partial charge on any atom is -0.447 e. The summed E-state index contributed by atoms with van der Waals surface area (Å²) in [4.78, 5) is 10.9. The van der Waals surface area contributed by atoms with Crippen molar-refractivity contribution < 1.29 is 22.7 Å². The molecule has 2 rings (SSSR count). The molecule has 1 heterocycles. The van der Waals surface area contributed by atoms with Gasteiger partial charge in [0.05, 0.1) is 6.04 Å². The van der Waals surface area contributed by atoms with E-state index < -0.39 is 11.6 Å². The predicted octanol–water partition coefficient (Wildman–Crippen LogP) is 3.50. The molecule has 1 atom stereocenters. The van der Waals surface area contributed by atoms with Gasteiger partial charge < -0.3 is 10.1 Å². The molecule has 100 valence electrons. The van der Waals surface area contributed by atoms with E-state index in [0.29, 0.717) is 0 Å². The number of hydrogen-bond acceptors (Lipinski definition) is 3. The van der Waals surface area contributed by atoms with Crippen molar-refractivity contribution in [2.75, 3.05) is 6.61 Å². The fourth-order valence-electron chi connectivity index (χ4n) is 1.47. The number of halogens is 4. The van der Waals surface area contributed by atoms with Gasteiger partial charge in [-0.3, -0.25) is 0 Å². The van der Waals surface area contributed by atoms with E-state index in [1.165, 1.54) is 12.1 Å². The van der Waals surface area contributed by atoms with Crippen LogP contribution in [0.5, 0.6) is 0 Å². The number of hydrogen-bond donors (Lipinski definition) is 1. The van der Waals surface area contributed by atoms with Gasteiger partial charge in [-0.15, -0.1) is 12.4 Å². The van der Waals surface area contributed by atoms with Crippen LogP contribution in [0.2, 0.25) is 0 Å². The maximum atomic E-state index is 12.1. The Labute approximate surface area is 111 Å². The molecule has 8 heteroatoms. The van der Waals surface area contributed by atoms with Crippen LogP contribution in [0.1, 0.15) is 11.6 Å². The van der Waals surface area contributed by atoms with E-state index in [4.69, 9.17) is 4.74 Å². The summed E-state index contributed by atoms with van der Waals surface area (Å²) in [6.45, 7) is 0.199. The number of carbonyl (C=O) groups excluding carboxylic acids is 1. The summed E-state index contributed by atoms with van der Waals surface area (Å²) < 4.78 is 40.9. The average molecular weight is 300 g/mol. The first-order valence-electron chi connectivity index (χ1n) is 4.73. The zero-order valence-electron chi connectivity index (χ0n) is 8.86. The van der Waals surface area contributed by atoms with Crippen LogP contribution in [0, 0.1) is 0 Å². The second-order valence-corrected chi connectivity index (χ2v) is 4.55. The number of benzene rings is 1. The fraction of sp³-hybridized carbons (Fsp3) is 0.300. The van der Waals surface area contributed by atoms with E-state index in [9.17, 15) is 18.0 Å². The molecule has 0 unspecified atom stereocenters. The van der Waals surface area contributed by atoms with Gasteiger partial charge in [0, 0.05) is 4.90 Å². The van der Waals surface area contributed by atoms with Gasteiger partial charge in [-0.25, -0.2) is 4.79 Å². The SMILES string of the molecule is Cl.O=C1N[C@H](c2ccc(SC(F)(F)F)cc2)CO1. The van der Waals surface area contributed by atoms with Crippen LogP contribution in [0.3, 0.4) is 0 Å². The molecule has 0 aliphatic carbocycles. The van der Waals surface area contributed by atoms with Crippen LogP contribution in [0.15, 0.2) is 29.2 Å². The van der Waals surface area contributed by atoms with Crippen LogP contribution in [0.25, 0.3) is 0 Å². The summed E-state index contributed by atoms with van der Waals surface area (Å²) in [6, 6.07) is 5.56. The molecular weight excluding hydrogens is 291 g/mol. The maximum Gasteiger partial charge on any atom is 0.446 e. The lowest BCUT2D eigenvalue weighted by atomic mass is 10.1. The highest BCUT2D eigenvalue weighted by molar-refractivity contribution is 8.00. The summed E-state index contributed by atoms with van der Waals surface area (Å²) >= 11 is -0.166. The molecule has 0 saturated carbocycles. The quantitative estimate of drug-likeness (QED) is 0.849. The molecule has 0 aromatic heterocycles.